The molecule has 1 unspecified atom stereocenters. The minimum atomic E-state index is -0.493. The number of carbonyl (C=O) groups is 1. The summed E-state index contributed by atoms with van der Waals surface area (Å²) in [5.41, 5.74) is 1.05. The molecule has 0 radical (unpaired) electrons. The summed E-state index contributed by atoms with van der Waals surface area (Å²) in [6, 6.07) is 1.82. The zero-order valence-corrected chi connectivity index (χ0v) is 10.8. The Morgan fingerprint density at radius 3 is 3.06 bits per heavy atom. The molecule has 1 amide bonds. The minimum absolute atomic E-state index is 0.0516. The van der Waals surface area contributed by atoms with Crippen LogP contribution < -0.4 is 10.6 Å². The number of anilines is 1. The predicted octanol–water partition coefficient (Wildman–Crippen LogP) is 2.12. The fraction of sp³-hybridized carbons (Fsp3) is 0.500. The van der Waals surface area contributed by atoms with E-state index >= 15 is 0 Å². The molecule has 2 rings (SSSR count). The van der Waals surface area contributed by atoms with Crippen molar-refractivity contribution < 1.29 is 4.79 Å². The van der Waals surface area contributed by atoms with Crippen LogP contribution >= 0.6 is 11.6 Å². The number of rotatable bonds is 2. The minimum Gasteiger partial charge on any atom is -0.322 e. The van der Waals surface area contributed by atoms with Crippen LogP contribution in [0.25, 0.3) is 0 Å². The summed E-state index contributed by atoms with van der Waals surface area (Å²) in [5, 5.41) is 6.37. The van der Waals surface area contributed by atoms with E-state index in [2.05, 4.69) is 15.6 Å². The molecule has 0 aliphatic carbocycles. The van der Waals surface area contributed by atoms with E-state index in [1.54, 1.807) is 6.20 Å². The molecule has 1 fully saturated rings. The molecule has 0 aromatic carbocycles. The Morgan fingerprint density at radius 1 is 1.65 bits per heavy atom. The summed E-state index contributed by atoms with van der Waals surface area (Å²) < 4.78 is 0. The average molecular weight is 254 g/mol. The van der Waals surface area contributed by atoms with Crippen molar-refractivity contribution in [2.45, 2.75) is 32.2 Å². The largest absolute Gasteiger partial charge is 0.322 e. The maximum absolute atomic E-state index is 12.1. The molecule has 0 bridgehead atoms. The monoisotopic (exact) mass is 253 g/mol. The van der Waals surface area contributed by atoms with Crippen molar-refractivity contribution in [3.8, 4) is 0 Å². The smallest absolute Gasteiger partial charge is 0.244 e. The molecular formula is C12H16ClN3O. The summed E-state index contributed by atoms with van der Waals surface area (Å²) in [6.07, 6.45) is 3.53. The first-order chi connectivity index (χ1) is 8.01. The molecule has 0 saturated carbocycles. The van der Waals surface area contributed by atoms with Gasteiger partial charge in [-0.2, -0.15) is 0 Å². The first kappa shape index (κ1) is 12.3. The van der Waals surface area contributed by atoms with Crippen LogP contribution in [-0.4, -0.2) is 23.0 Å². The van der Waals surface area contributed by atoms with Crippen LogP contribution in [0.3, 0.4) is 0 Å². The van der Waals surface area contributed by atoms with Crippen molar-refractivity contribution in [3.05, 3.63) is 23.0 Å². The molecule has 0 spiro atoms. The van der Waals surface area contributed by atoms with Crippen molar-refractivity contribution in [1.29, 1.82) is 0 Å². The number of nitrogens with one attached hydrogen (secondary N) is 2. The second-order valence-electron chi connectivity index (χ2n) is 4.67. The van der Waals surface area contributed by atoms with Gasteiger partial charge < -0.3 is 10.6 Å². The van der Waals surface area contributed by atoms with Crippen LogP contribution in [0.4, 0.5) is 5.69 Å². The summed E-state index contributed by atoms with van der Waals surface area (Å²) in [7, 11) is 0. The van der Waals surface area contributed by atoms with Gasteiger partial charge in [-0.25, -0.2) is 4.98 Å². The van der Waals surface area contributed by atoms with Crippen molar-refractivity contribution in [1.82, 2.24) is 10.3 Å². The Hall–Kier alpha value is -1.13. The highest BCUT2D eigenvalue weighted by molar-refractivity contribution is 6.32. The van der Waals surface area contributed by atoms with Crippen LogP contribution in [0, 0.1) is 6.92 Å². The fourth-order valence-electron chi connectivity index (χ4n) is 1.99. The lowest BCUT2D eigenvalue weighted by Crippen LogP contribution is -2.48. The summed E-state index contributed by atoms with van der Waals surface area (Å²) in [4.78, 5) is 16.2. The molecule has 1 aliphatic rings. The second-order valence-corrected chi connectivity index (χ2v) is 5.03. The van der Waals surface area contributed by atoms with Crippen LogP contribution in [0.5, 0.6) is 0 Å². The number of pyridine rings is 1. The third-order valence-electron chi connectivity index (χ3n) is 3.09. The molecule has 1 saturated heterocycles. The average Bonchev–Trinajstić information content (AvgIpc) is 2.72. The molecule has 2 heterocycles. The SMILES string of the molecule is Cc1cnc(Cl)c(NC(=O)C2(C)CCCN2)c1. The van der Waals surface area contributed by atoms with Gasteiger partial charge >= 0.3 is 0 Å². The number of aryl methyl sites for hydroxylation is 1. The third kappa shape index (κ3) is 2.58. The van der Waals surface area contributed by atoms with Gasteiger partial charge in [0.2, 0.25) is 5.91 Å². The molecule has 1 aromatic heterocycles. The summed E-state index contributed by atoms with van der Waals surface area (Å²) in [6.45, 7) is 4.70. The fourth-order valence-corrected chi connectivity index (χ4v) is 2.14. The Morgan fingerprint density at radius 2 is 2.41 bits per heavy atom. The van der Waals surface area contributed by atoms with Crippen LogP contribution in [0.2, 0.25) is 5.15 Å². The van der Waals surface area contributed by atoms with E-state index in [-0.39, 0.29) is 5.91 Å². The molecule has 1 aromatic rings. The number of amides is 1. The first-order valence-corrected chi connectivity index (χ1v) is 6.08. The molecular weight excluding hydrogens is 238 g/mol. The van der Waals surface area contributed by atoms with Gasteiger partial charge in [-0.15, -0.1) is 0 Å². The molecule has 1 aliphatic heterocycles. The second kappa shape index (κ2) is 4.63. The Labute approximate surface area is 106 Å². The van der Waals surface area contributed by atoms with Gasteiger partial charge in [0, 0.05) is 6.20 Å². The Balaban J connectivity index is 2.15. The van der Waals surface area contributed by atoms with Crippen LogP contribution in [0.15, 0.2) is 12.3 Å². The van der Waals surface area contributed by atoms with E-state index in [0.717, 1.165) is 24.9 Å². The van der Waals surface area contributed by atoms with Gasteiger partial charge in [-0.3, -0.25) is 4.79 Å². The van der Waals surface area contributed by atoms with E-state index < -0.39 is 5.54 Å². The lowest BCUT2D eigenvalue weighted by Gasteiger charge is -2.23. The van der Waals surface area contributed by atoms with Crippen molar-refractivity contribution in [2.24, 2.45) is 0 Å². The number of halogens is 1. The van der Waals surface area contributed by atoms with E-state index in [1.165, 1.54) is 0 Å². The zero-order chi connectivity index (χ0) is 12.5. The van der Waals surface area contributed by atoms with E-state index in [4.69, 9.17) is 11.6 Å². The number of hydrogen-bond acceptors (Lipinski definition) is 3. The van der Waals surface area contributed by atoms with Crippen molar-refractivity contribution in [2.75, 3.05) is 11.9 Å². The first-order valence-electron chi connectivity index (χ1n) is 5.70. The highest BCUT2D eigenvalue weighted by Gasteiger charge is 2.36. The molecule has 17 heavy (non-hydrogen) atoms. The topological polar surface area (TPSA) is 54.0 Å². The van der Waals surface area contributed by atoms with Gasteiger partial charge in [-0.05, 0) is 44.9 Å². The maximum atomic E-state index is 12.1. The Bertz CT molecular complexity index is 441. The van der Waals surface area contributed by atoms with E-state index in [9.17, 15) is 4.79 Å². The van der Waals surface area contributed by atoms with Crippen LogP contribution in [-0.2, 0) is 4.79 Å². The molecule has 2 N–H and O–H groups in total. The number of hydrogen-bond donors (Lipinski definition) is 2. The van der Waals surface area contributed by atoms with Gasteiger partial charge in [0.05, 0.1) is 11.2 Å². The molecule has 4 nitrogen and oxygen atoms in total. The number of carbonyl (C=O) groups excluding carboxylic acids is 1. The summed E-state index contributed by atoms with van der Waals surface area (Å²) >= 11 is 5.95. The maximum Gasteiger partial charge on any atom is 0.244 e. The van der Waals surface area contributed by atoms with Gasteiger partial charge in [-0.1, -0.05) is 11.6 Å². The summed E-state index contributed by atoms with van der Waals surface area (Å²) in [5.74, 6) is -0.0516. The number of aromatic nitrogens is 1. The third-order valence-corrected chi connectivity index (χ3v) is 3.40. The molecule has 92 valence electrons. The Kier molecular flexibility index (Phi) is 3.35. The molecule has 5 heteroatoms. The van der Waals surface area contributed by atoms with E-state index in [0.29, 0.717) is 10.8 Å². The van der Waals surface area contributed by atoms with Gasteiger partial charge in [0.1, 0.15) is 0 Å². The van der Waals surface area contributed by atoms with E-state index in [1.807, 2.05) is 19.9 Å². The molecule has 1 atom stereocenters. The van der Waals surface area contributed by atoms with Gasteiger partial charge in [0.25, 0.3) is 0 Å². The standard InChI is InChI=1S/C12H16ClN3O/c1-8-6-9(10(13)14-7-8)16-11(17)12(2)4-3-5-15-12/h6-7,15H,3-5H2,1-2H3,(H,16,17). The van der Waals surface area contributed by atoms with Crippen molar-refractivity contribution >= 4 is 23.2 Å². The predicted molar refractivity (Wildman–Crippen MR) is 68.3 cm³/mol. The number of nitrogens with zero attached hydrogens (tertiary/aromatic N) is 1. The lowest BCUT2D eigenvalue weighted by molar-refractivity contribution is -0.121. The zero-order valence-electron chi connectivity index (χ0n) is 10.0. The quantitative estimate of drug-likeness (QED) is 0.794. The lowest BCUT2D eigenvalue weighted by atomic mass is 9.99. The van der Waals surface area contributed by atoms with Gasteiger partial charge in [0.15, 0.2) is 5.15 Å². The highest BCUT2D eigenvalue weighted by atomic mass is 35.5. The van der Waals surface area contributed by atoms with Crippen molar-refractivity contribution in [3.63, 3.8) is 0 Å². The highest BCUT2D eigenvalue weighted by Crippen LogP contribution is 2.24. The normalized spacial score (nSPS) is 23.7. The van der Waals surface area contributed by atoms with Crippen LogP contribution in [0.1, 0.15) is 25.3 Å².